The second-order valence-electron chi connectivity index (χ2n) is 8.75. The minimum Gasteiger partial charge on any atom is -0.494 e. The molecule has 1 aromatic rings. The molecule has 6 heteroatoms. The van der Waals surface area contributed by atoms with E-state index in [9.17, 15) is 9.59 Å². The lowest BCUT2D eigenvalue weighted by molar-refractivity contribution is -0.870. The van der Waals surface area contributed by atoms with Crippen LogP contribution in [0.5, 0.6) is 5.75 Å². The molecule has 0 spiro atoms. The molecule has 0 radical (unpaired) electrons. The lowest BCUT2D eigenvalue weighted by Gasteiger charge is -2.23. The molecule has 0 unspecified atom stereocenters. The molecule has 6 nitrogen and oxygen atoms in total. The van der Waals surface area contributed by atoms with E-state index in [1.54, 1.807) is 0 Å². The molecule has 0 atom stereocenters. The number of rotatable bonds is 16. The van der Waals surface area contributed by atoms with Crippen LogP contribution in [0.2, 0.25) is 0 Å². The average Bonchev–Trinajstić information content (AvgIpc) is 2.64. The van der Waals surface area contributed by atoms with E-state index >= 15 is 0 Å². The zero-order valence-electron chi connectivity index (χ0n) is 18.3. The summed E-state index contributed by atoms with van der Waals surface area (Å²) in [6.07, 6.45) is 12.2. The third-order valence-corrected chi connectivity index (χ3v) is 4.89. The van der Waals surface area contributed by atoms with E-state index in [0.717, 1.165) is 23.4 Å². The molecular weight excluding hydrogens is 370 g/mol. The number of carboxylic acids is 2. The van der Waals surface area contributed by atoms with Gasteiger partial charge in [0.1, 0.15) is 5.75 Å². The van der Waals surface area contributed by atoms with Gasteiger partial charge in [-0.05, 0) is 37.5 Å². The summed E-state index contributed by atoms with van der Waals surface area (Å²) >= 11 is 0. The van der Waals surface area contributed by atoms with E-state index in [2.05, 4.69) is 21.1 Å². The van der Waals surface area contributed by atoms with Gasteiger partial charge in [-0.25, -0.2) is 9.59 Å². The van der Waals surface area contributed by atoms with Gasteiger partial charge < -0.3 is 19.4 Å². The standard InChI is InChI=1S/C23H37NO5/c1-24(2,3)14-12-10-8-6-4-5-7-9-11-13-15-29-21-17-19(22(25)26)16-20(18-21)23(27)28/h16-18H,4-15H2,1-3H3,(H-,25,26,27,28)/p+1. The minimum absolute atomic E-state index is 0.0719. The first kappa shape index (κ1) is 25.0. The van der Waals surface area contributed by atoms with Crippen LogP contribution in [0.3, 0.4) is 0 Å². The van der Waals surface area contributed by atoms with Crippen LogP contribution in [0, 0.1) is 0 Å². The fraction of sp³-hybridized carbons (Fsp3) is 0.652. The first-order valence-corrected chi connectivity index (χ1v) is 10.7. The number of quaternary nitrogens is 1. The summed E-state index contributed by atoms with van der Waals surface area (Å²) in [6, 6.07) is 3.88. The van der Waals surface area contributed by atoms with E-state index in [1.807, 2.05) is 0 Å². The fourth-order valence-corrected chi connectivity index (χ4v) is 3.22. The number of aromatic carboxylic acids is 2. The van der Waals surface area contributed by atoms with Gasteiger partial charge in [0.2, 0.25) is 0 Å². The van der Waals surface area contributed by atoms with Crippen LogP contribution < -0.4 is 4.74 Å². The zero-order chi connectivity index (χ0) is 21.7. The van der Waals surface area contributed by atoms with Crippen LogP contribution in [0.1, 0.15) is 84.9 Å². The van der Waals surface area contributed by atoms with Crippen LogP contribution in [-0.4, -0.2) is 60.9 Å². The van der Waals surface area contributed by atoms with Crippen molar-refractivity contribution in [2.45, 2.75) is 64.2 Å². The number of ether oxygens (including phenoxy) is 1. The van der Waals surface area contributed by atoms with E-state index in [0.29, 0.717) is 12.4 Å². The lowest BCUT2D eigenvalue weighted by atomic mass is 10.1. The van der Waals surface area contributed by atoms with Crippen molar-refractivity contribution in [3.63, 3.8) is 0 Å². The summed E-state index contributed by atoms with van der Waals surface area (Å²) in [7, 11) is 6.72. The number of hydrogen-bond donors (Lipinski definition) is 2. The Kier molecular flexibility index (Phi) is 11.4. The van der Waals surface area contributed by atoms with Gasteiger partial charge in [0.15, 0.2) is 0 Å². The summed E-state index contributed by atoms with van der Waals surface area (Å²) in [6.45, 7) is 1.72. The summed E-state index contributed by atoms with van der Waals surface area (Å²) in [4.78, 5) is 22.2. The van der Waals surface area contributed by atoms with Crippen LogP contribution in [-0.2, 0) is 0 Å². The molecule has 0 saturated carbocycles. The van der Waals surface area contributed by atoms with Crippen molar-refractivity contribution >= 4 is 11.9 Å². The van der Waals surface area contributed by atoms with Crippen molar-refractivity contribution in [1.29, 1.82) is 0 Å². The summed E-state index contributed by atoms with van der Waals surface area (Å²) in [5.74, 6) is -2.02. The molecule has 0 fully saturated rings. The van der Waals surface area contributed by atoms with E-state index in [-0.39, 0.29) is 11.1 Å². The largest absolute Gasteiger partial charge is 0.494 e. The van der Waals surface area contributed by atoms with Crippen molar-refractivity contribution in [2.75, 3.05) is 34.3 Å². The SMILES string of the molecule is C[N+](C)(C)CCCCCCCCCCCCOc1cc(C(=O)O)cc(C(=O)O)c1. The average molecular weight is 409 g/mol. The molecule has 0 amide bonds. The van der Waals surface area contributed by atoms with E-state index in [1.165, 1.54) is 70.0 Å². The fourth-order valence-electron chi connectivity index (χ4n) is 3.22. The quantitative estimate of drug-likeness (QED) is 0.295. The number of carboxylic acid groups (broad SMARTS) is 2. The molecule has 29 heavy (non-hydrogen) atoms. The highest BCUT2D eigenvalue weighted by molar-refractivity contribution is 5.94. The Morgan fingerprint density at radius 2 is 1.14 bits per heavy atom. The van der Waals surface area contributed by atoms with Gasteiger partial charge in [-0.1, -0.05) is 44.9 Å². The minimum atomic E-state index is -1.16. The van der Waals surface area contributed by atoms with Crippen molar-refractivity contribution in [3.8, 4) is 5.75 Å². The summed E-state index contributed by atoms with van der Waals surface area (Å²) in [5.41, 5.74) is -0.144. The maximum Gasteiger partial charge on any atom is 0.335 e. The third kappa shape index (κ3) is 12.2. The van der Waals surface area contributed by atoms with Crippen molar-refractivity contribution in [2.24, 2.45) is 0 Å². The van der Waals surface area contributed by atoms with Crippen molar-refractivity contribution < 1.29 is 29.0 Å². The van der Waals surface area contributed by atoms with Crippen LogP contribution in [0.15, 0.2) is 18.2 Å². The zero-order valence-corrected chi connectivity index (χ0v) is 18.3. The summed E-state index contributed by atoms with van der Waals surface area (Å²) < 4.78 is 6.62. The Hall–Kier alpha value is -2.08. The van der Waals surface area contributed by atoms with E-state index < -0.39 is 11.9 Å². The first-order chi connectivity index (χ1) is 13.7. The number of hydrogen-bond acceptors (Lipinski definition) is 3. The van der Waals surface area contributed by atoms with Gasteiger partial charge in [-0.3, -0.25) is 0 Å². The van der Waals surface area contributed by atoms with Crippen molar-refractivity contribution in [3.05, 3.63) is 29.3 Å². The van der Waals surface area contributed by atoms with Crippen LogP contribution in [0.4, 0.5) is 0 Å². The Balaban J connectivity index is 2.07. The molecule has 0 aliphatic heterocycles. The monoisotopic (exact) mass is 408 g/mol. The molecule has 0 heterocycles. The normalized spacial score (nSPS) is 11.4. The van der Waals surface area contributed by atoms with E-state index in [4.69, 9.17) is 14.9 Å². The third-order valence-electron chi connectivity index (χ3n) is 4.89. The molecule has 0 bridgehead atoms. The van der Waals surface area contributed by atoms with Gasteiger partial charge in [-0.15, -0.1) is 0 Å². The second kappa shape index (κ2) is 13.2. The predicted molar refractivity (Wildman–Crippen MR) is 115 cm³/mol. The molecule has 0 aromatic heterocycles. The number of carbonyl (C=O) groups is 2. The molecule has 0 saturated heterocycles. The molecule has 164 valence electrons. The number of nitrogens with zero attached hydrogens (tertiary/aromatic N) is 1. The molecule has 1 rings (SSSR count). The Bertz CT molecular complexity index is 604. The maximum absolute atomic E-state index is 11.1. The predicted octanol–water partition coefficient (Wildman–Crippen LogP) is 5.07. The molecule has 1 aromatic carbocycles. The topological polar surface area (TPSA) is 83.8 Å². The highest BCUT2D eigenvalue weighted by Crippen LogP contribution is 2.19. The number of benzene rings is 1. The Morgan fingerprint density at radius 3 is 1.55 bits per heavy atom. The maximum atomic E-state index is 11.1. The lowest BCUT2D eigenvalue weighted by Crippen LogP contribution is -2.35. The summed E-state index contributed by atoms with van der Waals surface area (Å²) in [5, 5.41) is 18.1. The smallest absolute Gasteiger partial charge is 0.335 e. The highest BCUT2D eigenvalue weighted by Gasteiger charge is 2.12. The van der Waals surface area contributed by atoms with Gasteiger partial charge in [-0.2, -0.15) is 0 Å². The molecule has 0 aliphatic carbocycles. The van der Waals surface area contributed by atoms with Crippen LogP contribution >= 0.6 is 0 Å². The molecular formula is C23H38NO5+. The highest BCUT2D eigenvalue weighted by atomic mass is 16.5. The van der Waals surface area contributed by atoms with Gasteiger partial charge in [0.05, 0.1) is 45.4 Å². The Labute approximate surface area is 175 Å². The number of unbranched alkanes of at least 4 members (excludes halogenated alkanes) is 9. The van der Waals surface area contributed by atoms with Crippen molar-refractivity contribution in [1.82, 2.24) is 0 Å². The molecule has 2 N–H and O–H groups in total. The van der Waals surface area contributed by atoms with Gasteiger partial charge in [0.25, 0.3) is 0 Å². The second-order valence-corrected chi connectivity index (χ2v) is 8.75. The molecule has 0 aliphatic rings. The Morgan fingerprint density at radius 1 is 0.724 bits per heavy atom. The van der Waals surface area contributed by atoms with Gasteiger partial charge >= 0.3 is 11.9 Å². The first-order valence-electron chi connectivity index (χ1n) is 10.7. The van der Waals surface area contributed by atoms with Gasteiger partial charge in [0, 0.05) is 0 Å². The van der Waals surface area contributed by atoms with Crippen LogP contribution in [0.25, 0.3) is 0 Å².